The van der Waals surface area contributed by atoms with Crippen molar-refractivity contribution in [2.75, 3.05) is 13.1 Å². The molecule has 2 aromatic carbocycles. The van der Waals surface area contributed by atoms with Crippen molar-refractivity contribution >= 4 is 0 Å². The highest BCUT2D eigenvalue weighted by Crippen LogP contribution is 2.22. The second-order valence-corrected chi connectivity index (χ2v) is 5.32. The van der Waals surface area contributed by atoms with E-state index in [0.29, 0.717) is 12.1 Å². The first-order valence-corrected chi connectivity index (χ1v) is 6.95. The fourth-order valence-electron chi connectivity index (χ4n) is 2.77. The van der Waals surface area contributed by atoms with E-state index in [-0.39, 0.29) is 5.82 Å². The van der Waals surface area contributed by atoms with Crippen LogP contribution in [-0.2, 0) is 13.0 Å². The molecule has 3 heteroatoms. The number of β-amino-alcohol motifs (C(OH)–C–C–N with tert-alkyl or cyclic N) is 1. The van der Waals surface area contributed by atoms with Gasteiger partial charge in [0.05, 0.1) is 6.10 Å². The molecule has 1 aliphatic rings. The van der Waals surface area contributed by atoms with Crippen LogP contribution in [0.2, 0.25) is 0 Å². The minimum absolute atomic E-state index is 0.300. The summed E-state index contributed by atoms with van der Waals surface area (Å²) in [5, 5.41) is 10.2. The molecule has 0 saturated heterocycles. The van der Waals surface area contributed by atoms with Crippen LogP contribution in [0.3, 0.4) is 0 Å². The van der Waals surface area contributed by atoms with E-state index in [0.717, 1.165) is 19.5 Å². The second-order valence-electron chi connectivity index (χ2n) is 5.32. The highest BCUT2D eigenvalue weighted by molar-refractivity contribution is 5.29. The molecule has 0 aliphatic carbocycles. The van der Waals surface area contributed by atoms with Gasteiger partial charge < -0.3 is 5.11 Å². The molecule has 1 atom stereocenters. The van der Waals surface area contributed by atoms with Gasteiger partial charge in [0.15, 0.2) is 0 Å². The van der Waals surface area contributed by atoms with Gasteiger partial charge in [-0.15, -0.1) is 0 Å². The number of nitrogens with zero attached hydrogens (tertiary/aromatic N) is 1. The maximum absolute atomic E-state index is 13.2. The van der Waals surface area contributed by atoms with E-state index in [4.69, 9.17) is 0 Å². The molecule has 0 amide bonds. The average Bonchev–Trinajstić information content (AvgIpc) is 2.47. The van der Waals surface area contributed by atoms with Gasteiger partial charge in [-0.05, 0) is 35.2 Å². The summed E-state index contributed by atoms with van der Waals surface area (Å²) in [5.74, 6) is -0.300. The van der Waals surface area contributed by atoms with Gasteiger partial charge >= 0.3 is 0 Å². The molecular weight excluding hydrogens is 253 g/mol. The number of aliphatic hydroxyl groups is 1. The Bertz CT molecular complexity index is 599. The number of rotatable bonds is 3. The van der Waals surface area contributed by atoms with Crippen molar-refractivity contribution in [3.63, 3.8) is 0 Å². The second kappa shape index (κ2) is 5.73. The van der Waals surface area contributed by atoms with Crippen molar-refractivity contribution in [2.24, 2.45) is 0 Å². The van der Waals surface area contributed by atoms with Crippen molar-refractivity contribution in [3.8, 4) is 0 Å². The van der Waals surface area contributed by atoms with Gasteiger partial charge in [0.25, 0.3) is 0 Å². The predicted octanol–water partition coefficient (Wildman–Crippen LogP) is 2.92. The number of hydrogen-bond acceptors (Lipinski definition) is 2. The van der Waals surface area contributed by atoms with Crippen LogP contribution in [0.5, 0.6) is 0 Å². The Labute approximate surface area is 118 Å². The van der Waals surface area contributed by atoms with E-state index in [1.54, 1.807) is 12.1 Å². The topological polar surface area (TPSA) is 23.5 Å². The fourth-order valence-corrected chi connectivity index (χ4v) is 2.77. The van der Waals surface area contributed by atoms with E-state index in [1.165, 1.54) is 23.3 Å². The third-order valence-corrected chi connectivity index (χ3v) is 3.87. The lowest BCUT2D eigenvalue weighted by molar-refractivity contribution is 0.106. The third kappa shape index (κ3) is 2.89. The molecule has 0 saturated carbocycles. The summed E-state index contributed by atoms with van der Waals surface area (Å²) < 4.78 is 13.2. The molecule has 0 bridgehead atoms. The molecule has 1 heterocycles. The molecule has 2 nitrogen and oxygen atoms in total. The molecule has 20 heavy (non-hydrogen) atoms. The van der Waals surface area contributed by atoms with E-state index in [1.807, 2.05) is 6.07 Å². The molecule has 2 aromatic rings. The van der Waals surface area contributed by atoms with E-state index in [2.05, 4.69) is 23.1 Å². The predicted molar refractivity (Wildman–Crippen MR) is 76.8 cm³/mol. The van der Waals surface area contributed by atoms with Crippen molar-refractivity contribution in [1.82, 2.24) is 4.90 Å². The van der Waals surface area contributed by atoms with Crippen LogP contribution in [-0.4, -0.2) is 23.1 Å². The first-order valence-electron chi connectivity index (χ1n) is 6.95. The third-order valence-electron chi connectivity index (χ3n) is 3.87. The summed E-state index contributed by atoms with van der Waals surface area (Å²) in [6, 6.07) is 14.6. The summed E-state index contributed by atoms with van der Waals surface area (Å²) in [5.41, 5.74) is 3.36. The zero-order chi connectivity index (χ0) is 13.9. The summed E-state index contributed by atoms with van der Waals surface area (Å²) in [6.45, 7) is 2.32. The summed E-state index contributed by atoms with van der Waals surface area (Å²) in [6.07, 6.45) is 0.363. The van der Waals surface area contributed by atoms with Crippen LogP contribution in [0, 0.1) is 5.82 Å². The van der Waals surface area contributed by atoms with Crippen LogP contribution < -0.4 is 0 Å². The molecule has 1 unspecified atom stereocenters. The van der Waals surface area contributed by atoms with Gasteiger partial charge in [-0.2, -0.15) is 0 Å². The lowest BCUT2D eigenvalue weighted by atomic mass is 9.99. The SMILES string of the molecule is OC(CN1CCc2ccccc2C1)c1cccc(F)c1. The number of benzene rings is 2. The highest BCUT2D eigenvalue weighted by Gasteiger charge is 2.19. The quantitative estimate of drug-likeness (QED) is 0.928. The van der Waals surface area contributed by atoms with Gasteiger partial charge in [0.2, 0.25) is 0 Å². The molecule has 0 spiro atoms. The zero-order valence-corrected chi connectivity index (χ0v) is 11.3. The van der Waals surface area contributed by atoms with Crippen molar-refractivity contribution in [3.05, 3.63) is 71.0 Å². The minimum Gasteiger partial charge on any atom is -0.387 e. The average molecular weight is 271 g/mol. The molecule has 1 N–H and O–H groups in total. The van der Waals surface area contributed by atoms with Crippen LogP contribution in [0.15, 0.2) is 48.5 Å². The summed E-state index contributed by atoms with van der Waals surface area (Å²) in [7, 11) is 0. The molecule has 3 rings (SSSR count). The maximum atomic E-state index is 13.2. The van der Waals surface area contributed by atoms with Gasteiger partial charge in [-0.1, -0.05) is 36.4 Å². The Morgan fingerprint density at radius 3 is 2.70 bits per heavy atom. The fraction of sp³-hybridized carbons (Fsp3) is 0.294. The normalized spacial score (nSPS) is 16.7. The lowest BCUT2D eigenvalue weighted by Gasteiger charge is -2.30. The van der Waals surface area contributed by atoms with Crippen molar-refractivity contribution in [1.29, 1.82) is 0 Å². The van der Waals surface area contributed by atoms with Gasteiger partial charge in [-0.25, -0.2) is 4.39 Å². The van der Waals surface area contributed by atoms with Crippen molar-refractivity contribution < 1.29 is 9.50 Å². The Balaban J connectivity index is 1.67. The minimum atomic E-state index is -0.643. The summed E-state index contributed by atoms with van der Waals surface area (Å²) in [4.78, 5) is 2.22. The number of aliphatic hydroxyl groups excluding tert-OH is 1. The monoisotopic (exact) mass is 271 g/mol. The standard InChI is InChI=1S/C17H18FNO/c18-16-7-3-6-14(10-16)17(20)12-19-9-8-13-4-1-2-5-15(13)11-19/h1-7,10,17,20H,8-9,11-12H2. The highest BCUT2D eigenvalue weighted by atomic mass is 19.1. The Morgan fingerprint density at radius 1 is 1.10 bits per heavy atom. The van der Waals surface area contributed by atoms with Crippen LogP contribution in [0.25, 0.3) is 0 Å². The zero-order valence-electron chi connectivity index (χ0n) is 11.3. The largest absolute Gasteiger partial charge is 0.387 e. The molecule has 1 aliphatic heterocycles. The molecular formula is C17H18FNO. The van der Waals surface area contributed by atoms with E-state index in [9.17, 15) is 9.50 Å². The van der Waals surface area contributed by atoms with E-state index >= 15 is 0 Å². The Hall–Kier alpha value is -1.71. The first kappa shape index (κ1) is 13.3. The Morgan fingerprint density at radius 2 is 1.90 bits per heavy atom. The van der Waals surface area contributed by atoms with E-state index < -0.39 is 6.10 Å². The smallest absolute Gasteiger partial charge is 0.123 e. The molecule has 0 aromatic heterocycles. The van der Waals surface area contributed by atoms with Crippen LogP contribution in [0.4, 0.5) is 4.39 Å². The Kier molecular flexibility index (Phi) is 3.81. The lowest BCUT2D eigenvalue weighted by Crippen LogP contribution is -2.34. The van der Waals surface area contributed by atoms with Crippen LogP contribution in [0.1, 0.15) is 22.8 Å². The maximum Gasteiger partial charge on any atom is 0.123 e. The molecule has 0 fully saturated rings. The summed E-state index contributed by atoms with van der Waals surface area (Å²) >= 11 is 0. The van der Waals surface area contributed by atoms with Crippen LogP contribution >= 0.6 is 0 Å². The van der Waals surface area contributed by atoms with Gasteiger partial charge in [0, 0.05) is 19.6 Å². The van der Waals surface area contributed by atoms with Gasteiger partial charge in [-0.3, -0.25) is 4.90 Å². The first-order chi connectivity index (χ1) is 9.72. The molecule has 0 radical (unpaired) electrons. The van der Waals surface area contributed by atoms with Crippen molar-refractivity contribution in [2.45, 2.75) is 19.1 Å². The van der Waals surface area contributed by atoms with Gasteiger partial charge in [0.1, 0.15) is 5.82 Å². The number of fused-ring (bicyclic) bond motifs is 1. The molecule has 104 valence electrons. The number of hydrogen-bond donors (Lipinski definition) is 1. The number of halogens is 1.